The van der Waals surface area contributed by atoms with Crippen molar-refractivity contribution in [1.29, 1.82) is 0 Å². The Labute approximate surface area is 161 Å². The van der Waals surface area contributed by atoms with Gasteiger partial charge in [0.1, 0.15) is 0 Å². The third-order valence-corrected chi connectivity index (χ3v) is 6.41. The minimum atomic E-state index is 0.779. The molecule has 2 rings (SSSR count). The fourth-order valence-electron chi connectivity index (χ4n) is 4.44. The van der Waals surface area contributed by atoms with E-state index in [0.29, 0.717) is 0 Å². The van der Waals surface area contributed by atoms with Crippen molar-refractivity contribution in [3.05, 3.63) is 34.9 Å². The summed E-state index contributed by atoms with van der Waals surface area (Å²) in [6.45, 7) is 2.30. The fourth-order valence-corrected chi connectivity index (χ4v) is 4.57. The van der Waals surface area contributed by atoms with Crippen molar-refractivity contribution in [2.75, 3.05) is 0 Å². The topological polar surface area (TPSA) is 0 Å². The van der Waals surface area contributed by atoms with Gasteiger partial charge >= 0.3 is 0 Å². The lowest BCUT2D eigenvalue weighted by Gasteiger charge is -2.29. The second-order valence-electron chi connectivity index (χ2n) is 8.24. The van der Waals surface area contributed by atoms with Crippen LogP contribution in [-0.2, 0) is 0 Å². The molecule has 1 aliphatic rings. The zero-order valence-corrected chi connectivity index (χ0v) is 17.2. The van der Waals surface area contributed by atoms with Gasteiger partial charge in [-0.05, 0) is 55.2 Å². The lowest BCUT2D eigenvalue weighted by molar-refractivity contribution is 0.301. The van der Waals surface area contributed by atoms with E-state index in [1.807, 2.05) is 12.1 Å². The van der Waals surface area contributed by atoms with Crippen LogP contribution in [0.2, 0.25) is 5.02 Å². The number of halogens is 1. The van der Waals surface area contributed by atoms with Crippen LogP contribution in [0, 0.1) is 5.92 Å². The van der Waals surface area contributed by atoms with Gasteiger partial charge in [-0.15, -0.1) is 0 Å². The Morgan fingerprint density at radius 1 is 0.720 bits per heavy atom. The predicted molar refractivity (Wildman–Crippen MR) is 113 cm³/mol. The summed E-state index contributed by atoms with van der Waals surface area (Å²) in [5.41, 5.74) is 1.50. The van der Waals surface area contributed by atoms with Gasteiger partial charge < -0.3 is 0 Å². The first-order valence-corrected chi connectivity index (χ1v) is 11.4. The normalized spacial score (nSPS) is 20.7. The van der Waals surface area contributed by atoms with E-state index in [1.165, 1.54) is 102 Å². The fraction of sp³-hybridized carbons (Fsp3) is 0.750. The lowest BCUT2D eigenvalue weighted by Crippen LogP contribution is -2.13. The number of unbranched alkanes of at least 4 members (excludes halogenated alkanes) is 9. The summed E-state index contributed by atoms with van der Waals surface area (Å²) in [6, 6.07) is 8.56. The standard InChI is InChI=1S/C24H39Cl/c1-2-3-4-5-6-7-8-9-10-11-12-21-13-15-22(16-14-21)23-17-19-24(25)20-18-23/h17-22H,2-16H2,1H3/t21-,22-. The molecule has 0 spiro atoms. The van der Waals surface area contributed by atoms with Crippen LogP contribution in [-0.4, -0.2) is 0 Å². The third-order valence-electron chi connectivity index (χ3n) is 6.15. The molecule has 1 saturated carbocycles. The molecular formula is C24H39Cl. The summed E-state index contributed by atoms with van der Waals surface area (Å²) in [7, 11) is 0. The molecule has 0 atom stereocenters. The Hall–Kier alpha value is -0.490. The van der Waals surface area contributed by atoms with Crippen molar-refractivity contribution >= 4 is 11.6 Å². The minimum absolute atomic E-state index is 0.779. The third kappa shape index (κ3) is 8.63. The molecule has 0 unspecified atom stereocenters. The van der Waals surface area contributed by atoms with Crippen LogP contribution in [0.5, 0.6) is 0 Å². The molecule has 1 aromatic carbocycles. The molecule has 0 nitrogen and oxygen atoms in total. The summed E-state index contributed by atoms with van der Waals surface area (Å²) in [5, 5.41) is 0.860. The molecule has 0 aromatic heterocycles. The molecule has 1 fully saturated rings. The first kappa shape index (κ1) is 20.8. The summed E-state index contributed by atoms with van der Waals surface area (Å²) in [6.07, 6.45) is 21.6. The van der Waals surface area contributed by atoms with Gasteiger partial charge in [0.25, 0.3) is 0 Å². The predicted octanol–water partition coefficient (Wildman–Crippen LogP) is 8.92. The Kier molecular flexibility index (Phi) is 10.7. The van der Waals surface area contributed by atoms with Crippen molar-refractivity contribution in [1.82, 2.24) is 0 Å². The molecule has 0 heterocycles. The van der Waals surface area contributed by atoms with Gasteiger partial charge in [-0.1, -0.05) is 101 Å². The van der Waals surface area contributed by atoms with Gasteiger partial charge in [0.15, 0.2) is 0 Å². The minimum Gasteiger partial charge on any atom is -0.0843 e. The van der Waals surface area contributed by atoms with Gasteiger partial charge in [0.2, 0.25) is 0 Å². The van der Waals surface area contributed by atoms with E-state index >= 15 is 0 Å². The quantitative estimate of drug-likeness (QED) is 0.325. The smallest absolute Gasteiger partial charge is 0.0406 e. The van der Waals surface area contributed by atoms with Crippen molar-refractivity contribution in [3.8, 4) is 0 Å². The molecule has 0 N–H and O–H groups in total. The van der Waals surface area contributed by atoms with Crippen molar-refractivity contribution < 1.29 is 0 Å². The van der Waals surface area contributed by atoms with E-state index in [2.05, 4.69) is 19.1 Å². The van der Waals surface area contributed by atoms with Crippen LogP contribution in [0.3, 0.4) is 0 Å². The highest BCUT2D eigenvalue weighted by molar-refractivity contribution is 6.30. The molecule has 0 bridgehead atoms. The van der Waals surface area contributed by atoms with Crippen LogP contribution in [0.25, 0.3) is 0 Å². The van der Waals surface area contributed by atoms with Crippen LogP contribution < -0.4 is 0 Å². The average molecular weight is 363 g/mol. The zero-order chi connectivity index (χ0) is 17.7. The maximum atomic E-state index is 6.00. The SMILES string of the molecule is CCCCCCCCCCCC[C@H]1CC[C@H](c2ccc(Cl)cc2)CC1. The van der Waals surface area contributed by atoms with Gasteiger partial charge in [0.05, 0.1) is 0 Å². The van der Waals surface area contributed by atoms with Gasteiger partial charge in [-0.25, -0.2) is 0 Å². The second kappa shape index (κ2) is 12.8. The highest BCUT2D eigenvalue weighted by Gasteiger charge is 2.21. The van der Waals surface area contributed by atoms with Gasteiger partial charge in [-0.2, -0.15) is 0 Å². The van der Waals surface area contributed by atoms with Crippen molar-refractivity contribution in [3.63, 3.8) is 0 Å². The average Bonchev–Trinajstić information content (AvgIpc) is 2.64. The Morgan fingerprint density at radius 2 is 1.24 bits per heavy atom. The molecule has 0 saturated heterocycles. The molecule has 1 heteroatoms. The summed E-state index contributed by atoms with van der Waals surface area (Å²) in [4.78, 5) is 0. The van der Waals surface area contributed by atoms with E-state index in [4.69, 9.17) is 11.6 Å². The van der Waals surface area contributed by atoms with Crippen LogP contribution >= 0.6 is 11.6 Å². The highest BCUT2D eigenvalue weighted by Crippen LogP contribution is 2.38. The van der Waals surface area contributed by atoms with Crippen molar-refractivity contribution in [2.24, 2.45) is 5.92 Å². The Bertz CT molecular complexity index is 428. The van der Waals surface area contributed by atoms with E-state index in [1.54, 1.807) is 0 Å². The van der Waals surface area contributed by atoms with E-state index in [0.717, 1.165) is 16.9 Å². The molecule has 0 radical (unpaired) electrons. The summed E-state index contributed by atoms with van der Waals surface area (Å²) < 4.78 is 0. The van der Waals surface area contributed by atoms with Crippen LogP contribution in [0.15, 0.2) is 24.3 Å². The van der Waals surface area contributed by atoms with E-state index in [9.17, 15) is 0 Å². The van der Waals surface area contributed by atoms with Crippen LogP contribution in [0.4, 0.5) is 0 Å². The monoisotopic (exact) mass is 362 g/mol. The molecule has 1 aliphatic carbocycles. The maximum Gasteiger partial charge on any atom is 0.0406 e. The summed E-state index contributed by atoms with van der Waals surface area (Å²) in [5.74, 6) is 1.78. The number of benzene rings is 1. The molecule has 25 heavy (non-hydrogen) atoms. The number of hydrogen-bond donors (Lipinski definition) is 0. The lowest BCUT2D eigenvalue weighted by atomic mass is 9.77. The van der Waals surface area contributed by atoms with Crippen LogP contribution in [0.1, 0.15) is 115 Å². The van der Waals surface area contributed by atoms with E-state index < -0.39 is 0 Å². The second-order valence-corrected chi connectivity index (χ2v) is 8.68. The largest absolute Gasteiger partial charge is 0.0843 e. The molecule has 0 aliphatic heterocycles. The van der Waals surface area contributed by atoms with Gasteiger partial charge in [-0.3, -0.25) is 0 Å². The Morgan fingerprint density at radius 3 is 1.80 bits per heavy atom. The Balaban J connectivity index is 1.45. The summed E-state index contributed by atoms with van der Waals surface area (Å²) >= 11 is 6.00. The first-order chi connectivity index (χ1) is 12.3. The first-order valence-electron chi connectivity index (χ1n) is 11.0. The highest BCUT2D eigenvalue weighted by atomic mass is 35.5. The molecular weight excluding hydrogens is 324 g/mol. The van der Waals surface area contributed by atoms with E-state index in [-0.39, 0.29) is 0 Å². The molecule has 0 amide bonds. The number of hydrogen-bond acceptors (Lipinski definition) is 0. The molecule has 1 aromatic rings. The zero-order valence-electron chi connectivity index (χ0n) is 16.4. The van der Waals surface area contributed by atoms with Gasteiger partial charge in [0, 0.05) is 5.02 Å². The molecule has 142 valence electrons. The number of rotatable bonds is 12. The van der Waals surface area contributed by atoms with Crippen molar-refractivity contribution in [2.45, 2.75) is 109 Å². The maximum absolute atomic E-state index is 6.00.